The number of fused-ring (bicyclic) bond motifs is 2. The van der Waals surface area contributed by atoms with Crippen molar-refractivity contribution in [3.63, 3.8) is 0 Å². The first-order chi connectivity index (χ1) is 13.1. The van der Waals surface area contributed by atoms with Crippen molar-refractivity contribution in [3.05, 3.63) is 53.0 Å². The summed E-state index contributed by atoms with van der Waals surface area (Å²) >= 11 is 0. The zero-order valence-corrected chi connectivity index (χ0v) is 15.7. The molecule has 142 valence electrons. The number of piperidine rings is 3. The standard InChI is InChI=1S/C21H24F2N4/c1-12-13(2)24-11-25-21(12)27-10-16(15-4-3-5-17(22)18(15)23)20-19(27)14-6-8-26(20)9-7-14/h3-5,11,14,16,19-20H,6-10H2,1-2H3/t16-,19+,20+/m1/s1. The van der Waals surface area contributed by atoms with E-state index in [-0.39, 0.29) is 12.0 Å². The highest BCUT2D eigenvalue weighted by Gasteiger charge is 2.54. The average molecular weight is 370 g/mol. The number of halogens is 2. The first kappa shape index (κ1) is 17.0. The van der Waals surface area contributed by atoms with E-state index in [2.05, 4.69) is 26.7 Å². The molecule has 4 saturated heterocycles. The van der Waals surface area contributed by atoms with Crippen LogP contribution in [-0.4, -0.2) is 46.6 Å². The molecule has 6 heteroatoms. The summed E-state index contributed by atoms with van der Waals surface area (Å²) in [6, 6.07) is 5.10. The molecule has 4 aliphatic heterocycles. The minimum absolute atomic E-state index is 0.0523. The van der Waals surface area contributed by atoms with Crippen LogP contribution >= 0.6 is 0 Å². The van der Waals surface area contributed by atoms with Crippen LogP contribution < -0.4 is 4.90 Å². The first-order valence-corrected chi connectivity index (χ1v) is 9.79. The summed E-state index contributed by atoms with van der Waals surface area (Å²) in [5.41, 5.74) is 2.55. The van der Waals surface area contributed by atoms with Gasteiger partial charge in [0.25, 0.3) is 0 Å². The van der Waals surface area contributed by atoms with Crippen molar-refractivity contribution in [1.82, 2.24) is 14.9 Å². The van der Waals surface area contributed by atoms with Gasteiger partial charge in [0.15, 0.2) is 11.6 Å². The lowest BCUT2D eigenvalue weighted by molar-refractivity contribution is 0.0349. The minimum Gasteiger partial charge on any atom is -0.351 e. The van der Waals surface area contributed by atoms with E-state index in [1.165, 1.54) is 18.9 Å². The lowest BCUT2D eigenvalue weighted by Gasteiger charge is -2.51. The van der Waals surface area contributed by atoms with Gasteiger partial charge >= 0.3 is 0 Å². The van der Waals surface area contributed by atoms with Crippen LogP contribution in [0.25, 0.3) is 0 Å². The van der Waals surface area contributed by atoms with E-state index < -0.39 is 11.6 Å². The van der Waals surface area contributed by atoms with Gasteiger partial charge < -0.3 is 4.90 Å². The molecule has 27 heavy (non-hydrogen) atoms. The number of hydrogen-bond donors (Lipinski definition) is 0. The Morgan fingerprint density at radius 3 is 2.59 bits per heavy atom. The third kappa shape index (κ3) is 2.49. The van der Waals surface area contributed by atoms with Gasteiger partial charge in [-0.3, -0.25) is 4.90 Å². The quantitative estimate of drug-likeness (QED) is 0.811. The van der Waals surface area contributed by atoms with Gasteiger partial charge in [-0.1, -0.05) is 12.1 Å². The van der Waals surface area contributed by atoms with Crippen molar-refractivity contribution in [1.29, 1.82) is 0 Å². The van der Waals surface area contributed by atoms with Gasteiger partial charge in [0, 0.05) is 35.8 Å². The zero-order valence-electron chi connectivity index (χ0n) is 15.7. The monoisotopic (exact) mass is 370 g/mol. The molecule has 4 aliphatic rings. The number of benzene rings is 1. The zero-order chi connectivity index (χ0) is 18.7. The van der Waals surface area contributed by atoms with Crippen LogP contribution in [0, 0.1) is 31.4 Å². The summed E-state index contributed by atoms with van der Waals surface area (Å²) in [5, 5.41) is 0. The van der Waals surface area contributed by atoms with Crippen molar-refractivity contribution in [2.24, 2.45) is 5.92 Å². The molecule has 0 N–H and O–H groups in total. The van der Waals surface area contributed by atoms with Crippen LogP contribution in [0.2, 0.25) is 0 Å². The number of aryl methyl sites for hydroxylation is 1. The Kier molecular flexibility index (Phi) is 3.93. The normalized spacial score (nSPS) is 32.0. The fourth-order valence-corrected chi connectivity index (χ4v) is 5.56. The molecule has 6 rings (SSSR count). The van der Waals surface area contributed by atoms with Crippen LogP contribution in [0.4, 0.5) is 14.6 Å². The second-order valence-corrected chi connectivity index (χ2v) is 8.16. The van der Waals surface area contributed by atoms with Crippen molar-refractivity contribution in [3.8, 4) is 0 Å². The summed E-state index contributed by atoms with van der Waals surface area (Å²) in [4.78, 5) is 13.8. The average Bonchev–Trinajstić information content (AvgIpc) is 3.09. The first-order valence-electron chi connectivity index (χ1n) is 9.79. The Balaban J connectivity index is 1.62. The number of rotatable bonds is 2. The Hall–Kier alpha value is -2.08. The summed E-state index contributed by atoms with van der Waals surface area (Å²) in [7, 11) is 0. The molecule has 5 heterocycles. The molecule has 0 radical (unpaired) electrons. The van der Waals surface area contributed by atoms with Crippen molar-refractivity contribution in [2.75, 3.05) is 24.5 Å². The third-order valence-corrected chi connectivity index (χ3v) is 6.96. The fraction of sp³-hybridized carbons (Fsp3) is 0.524. The lowest BCUT2D eigenvalue weighted by atomic mass is 9.75. The fourth-order valence-electron chi connectivity index (χ4n) is 5.56. The van der Waals surface area contributed by atoms with E-state index in [4.69, 9.17) is 0 Å². The lowest BCUT2D eigenvalue weighted by Crippen LogP contribution is -2.60. The largest absolute Gasteiger partial charge is 0.351 e. The van der Waals surface area contributed by atoms with Crippen LogP contribution in [0.1, 0.15) is 35.6 Å². The highest BCUT2D eigenvalue weighted by Crippen LogP contribution is 2.48. The molecular formula is C21H24F2N4. The molecule has 2 aromatic rings. The molecule has 4 nitrogen and oxygen atoms in total. The summed E-state index contributed by atoms with van der Waals surface area (Å²) in [6.07, 6.45) is 3.95. The number of hydrogen-bond acceptors (Lipinski definition) is 4. The van der Waals surface area contributed by atoms with E-state index in [1.807, 2.05) is 6.92 Å². The molecule has 0 aliphatic carbocycles. The van der Waals surface area contributed by atoms with Gasteiger partial charge in [-0.15, -0.1) is 0 Å². The van der Waals surface area contributed by atoms with Crippen molar-refractivity contribution in [2.45, 2.75) is 44.7 Å². The molecule has 0 spiro atoms. The van der Waals surface area contributed by atoms with E-state index in [0.717, 1.165) is 30.2 Å². The number of anilines is 1. The van der Waals surface area contributed by atoms with Gasteiger partial charge in [0.2, 0.25) is 0 Å². The molecule has 2 bridgehead atoms. The van der Waals surface area contributed by atoms with Crippen molar-refractivity contribution < 1.29 is 8.78 Å². The molecular weight excluding hydrogens is 346 g/mol. The summed E-state index contributed by atoms with van der Waals surface area (Å²) < 4.78 is 28.6. The Morgan fingerprint density at radius 2 is 1.81 bits per heavy atom. The molecule has 1 aromatic carbocycles. The summed E-state index contributed by atoms with van der Waals surface area (Å²) in [6.45, 7) is 6.81. The highest BCUT2D eigenvalue weighted by molar-refractivity contribution is 5.52. The Labute approximate surface area is 158 Å². The molecule has 0 saturated carbocycles. The maximum Gasteiger partial charge on any atom is 0.162 e. The molecule has 0 unspecified atom stereocenters. The second-order valence-electron chi connectivity index (χ2n) is 8.16. The molecule has 1 aromatic heterocycles. The number of aromatic nitrogens is 2. The van der Waals surface area contributed by atoms with Crippen LogP contribution in [0.15, 0.2) is 24.5 Å². The summed E-state index contributed by atoms with van der Waals surface area (Å²) in [5.74, 6) is 0.0270. The number of nitrogens with zero attached hydrogens (tertiary/aromatic N) is 4. The maximum absolute atomic E-state index is 14.7. The van der Waals surface area contributed by atoms with Crippen LogP contribution in [-0.2, 0) is 0 Å². The van der Waals surface area contributed by atoms with Crippen LogP contribution in [0.5, 0.6) is 0 Å². The van der Waals surface area contributed by atoms with Gasteiger partial charge in [-0.2, -0.15) is 0 Å². The Morgan fingerprint density at radius 1 is 1.04 bits per heavy atom. The topological polar surface area (TPSA) is 32.3 Å². The smallest absolute Gasteiger partial charge is 0.162 e. The second kappa shape index (κ2) is 6.23. The SMILES string of the molecule is Cc1ncnc(N2C[C@H](c3cccc(F)c3F)[C@H]3[C@@H]2C2CCN3CC2)c1C. The van der Waals surface area contributed by atoms with E-state index >= 15 is 0 Å². The molecule has 0 amide bonds. The van der Waals surface area contributed by atoms with Gasteiger partial charge in [-0.05, 0) is 57.3 Å². The predicted octanol–water partition coefficient (Wildman–Crippen LogP) is 3.44. The minimum atomic E-state index is -0.757. The van der Waals surface area contributed by atoms with Gasteiger partial charge in [0.05, 0.1) is 0 Å². The highest BCUT2D eigenvalue weighted by atomic mass is 19.2. The van der Waals surface area contributed by atoms with Crippen molar-refractivity contribution >= 4 is 5.82 Å². The van der Waals surface area contributed by atoms with E-state index in [1.54, 1.807) is 18.5 Å². The predicted molar refractivity (Wildman–Crippen MR) is 99.8 cm³/mol. The van der Waals surface area contributed by atoms with Crippen LogP contribution in [0.3, 0.4) is 0 Å². The third-order valence-electron chi connectivity index (χ3n) is 6.96. The van der Waals surface area contributed by atoms with E-state index in [0.29, 0.717) is 24.1 Å². The van der Waals surface area contributed by atoms with Gasteiger partial charge in [-0.25, -0.2) is 18.7 Å². The Bertz CT molecular complexity index is 807. The molecule has 3 atom stereocenters. The van der Waals surface area contributed by atoms with E-state index in [9.17, 15) is 8.78 Å². The van der Waals surface area contributed by atoms with Gasteiger partial charge in [0.1, 0.15) is 12.1 Å². The molecule has 4 fully saturated rings. The maximum atomic E-state index is 14.7.